The first-order chi connectivity index (χ1) is 8.83. The van der Waals surface area contributed by atoms with E-state index in [1.165, 1.54) is 28.7 Å². The summed E-state index contributed by atoms with van der Waals surface area (Å²) < 4.78 is 14.0. The number of aromatic nitrogens is 1. The molecule has 3 rings (SSSR count). The maximum absolute atomic E-state index is 14.0. The molecule has 0 saturated heterocycles. The molecule has 0 bridgehead atoms. The van der Waals surface area contributed by atoms with Crippen LogP contribution in [0.2, 0.25) is 0 Å². The Morgan fingerprint density at radius 3 is 2.67 bits per heavy atom. The van der Waals surface area contributed by atoms with Crippen LogP contribution in [0.15, 0.2) is 40.4 Å². The van der Waals surface area contributed by atoms with Crippen molar-refractivity contribution >= 4 is 45.9 Å². The molecule has 0 spiro atoms. The second kappa shape index (κ2) is 5.14. The molecule has 0 aliphatic heterocycles. The molecule has 0 unspecified atom stereocenters. The maximum atomic E-state index is 14.0. The largest absolute Gasteiger partial charge is 0.233 e. The zero-order chi connectivity index (χ0) is 12.4. The Kier molecular flexibility index (Phi) is 3.36. The summed E-state index contributed by atoms with van der Waals surface area (Å²) in [6.07, 6.45) is 1.53. The summed E-state index contributed by atoms with van der Waals surface area (Å²) in [7, 11) is 0. The monoisotopic (exact) mass is 293 g/mol. The van der Waals surface area contributed by atoms with E-state index in [2.05, 4.69) is 4.98 Å². The van der Waals surface area contributed by atoms with Gasteiger partial charge in [-0.05, 0) is 29.0 Å². The molecule has 0 aromatic carbocycles. The van der Waals surface area contributed by atoms with Gasteiger partial charge in [0, 0.05) is 10.3 Å². The van der Waals surface area contributed by atoms with Crippen LogP contribution < -0.4 is 0 Å². The number of halogens is 1. The minimum absolute atomic E-state index is 0.281. The second-order valence-electron chi connectivity index (χ2n) is 3.52. The summed E-state index contributed by atoms with van der Waals surface area (Å²) >= 11 is 4.60. The summed E-state index contributed by atoms with van der Waals surface area (Å²) in [4.78, 5) is 6.30. The Labute approximate surface area is 116 Å². The van der Waals surface area contributed by atoms with E-state index in [-0.39, 0.29) is 5.83 Å². The molecule has 1 nitrogen and oxygen atoms in total. The number of rotatable bonds is 3. The molecule has 0 aliphatic carbocycles. The number of nitrogens with zero attached hydrogens (tertiary/aromatic N) is 1. The van der Waals surface area contributed by atoms with Gasteiger partial charge in [0.25, 0.3) is 0 Å². The summed E-state index contributed by atoms with van der Waals surface area (Å²) in [5.41, 5.74) is 0.414. The summed E-state index contributed by atoms with van der Waals surface area (Å²) in [5, 5.41) is 6.55. The van der Waals surface area contributed by atoms with E-state index in [4.69, 9.17) is 0 Å². The topological polar surface area (TPSA) is 12.9 Å². The minimum atomic E-state index is -0.281. The predicted molar refractivity (Wildman–Crippen MR) is 78.7 cm³/mol. The lowest BCUT2D eigenvalue weighted by molar-refractivity contribution is 0.760. The molecule has 0 amide bonds. The van der Waals surface area contributed by atoms with Crippen LogP contribution in [0.25, 0.3) is 21.8 Å². The average Bonchev–Trinajstić information content (AvgIpc) is 3.11. The molecule has 0 N–H and O–H groups in total. The predicted octanol–water partition coefficient (Wildman–Crippen LogP) is 5.40. The molecule has 0 aliphatic rings. The van der Waals surface area contributed by atoms with E-state index in [0.717, 1.165) is 14.8 Å². The van der Waals surface area contributed by atoms with E-state index >= 15 is 0 Å². The highest BCUT2D eigenvalue weighted by molar-refractivity contribution is 7.20. The molecule has 0 atom stereocenters. The lowest BCUT2D eigenvalue weighted by Gasteiger charge is -1.90. The quantitative estimate of drug-likeness (QED) is 0.630. The Hall–Kier alpha value is -1.30. The zero-order valence-corrected chi connectivity index (χ0v) is 11.6. The molecule has 0 fully saturated rings. The summed E-state index contributed by atoms with van der Waals surface area (Å²) in [6, 6.07) is 7.76. The Morgan fingerprint density at radius 2 is 1.94 bits per heavy atom. The van der Waals surface area contributed by atoms with Gasteiger partial charge in [0.2, 0.25) is 0 Å². The highest BCUT2D eigenvalue weighted by Crippen LogP contribution is 2.31. The van der Waals surface area contributed by atoms with Gasteiger partial charge in [0.15, 0.2) is 5.83 Å². The molecule has 3 aromatic heterocycles. The second-order valence-corrected chi connectivity index (χ2v) is 6.31. The third-order valence-electron chi connectivity index (χ3n) is 2.29. The van der Waals surface area contributed by atoms with Crippen molar-refractivity contribution in [2.45, 2.75) is 0 Å². The fourth-order valence-corrected chi connectivity index (χ4v) is 3.73. The number of hydrogen-bond acceptors (Lipinski definition) is 4. The van der Waals surface area contributed by atoms with Crippen LogP contribution in [-0.4, -0.2) is 4.98 Å². The van der Waals surface area contributed by atoms with Gasteiger partial charge >= 0.3 is 0 Å². The van der Waals surface area contributed by atoms with Crippen molar-refractivity contribution in [3.8, 4) is 9.88 Å². The highest BCUT2D eigenvalue weighted by atomic mass is 32.1. The van der Waals surface area contributed by atoms with Gasteiger partial charge < -0.3 is 0 Å². The molecule has 0 radical (unpaired) electrons. The van der Waals surface area contributed by atoms with Gasteiger partial charge in [0.05, 0.1) is 4.88 Å². The Bertz CT molecular complexity index is 650. The lowest BCUT2D eigenvalue weighted by atomic mass is 10.3. The van der Waals surface area contributed by atoms with Crippen LogP contribution in [0, 0.1) is 0 Å². The third-order valence-corrected chi connectivity index (χ3v) is 4.99. The number of thiophene rings is 2. The highest BCUT2D eigenvalue weighted by Gasteiger charge is 2.09. The first-order valence-corrected chi connectivity index (χ1v) is 7.87. The van der Waals surface area contributed by atoms with Crippen LogP contribution in [0.4, 0.5) is 4.39 Å². The molecular formula is C13H8FNS3. The van der Waals surface area contributed by atoms with Crippen molar-refractivity contribution in [1.82, 2.24) is 4.98 Å². The molecule has 90 valence electrons. The van der Waals surface area contributed by atoms with E-state index in [1.54, 1.807) is 16.7 Å². The van der Waals surface area contributed by atoms with E-state index in [1.807, 2.05) is 35.0 Å². The van der Waals surface area contributed by atoms with Gasteiger partial charge in [-0.2, -0.15) is 0 Å². The van der Waals surface area contributed by atoms with E-state index < -0.39 is 0 Å². The minimum Gasteiger partial charge on any atom is -0.233 e. The Morgan fingerprint density at radius 1 is 1.11 bits per heavy atom. The third kappa shape index (κ3) is 2.43. The molecule has 0 saturated carbocycles. The van der Waals surface area contributed by atoms with E-state index in [0.29, 0.717) is 5.69 Å². The van der Waals surface area contributed by atoms with Crippen LogP contribution in [0.5, 0.6) is 0 Å². The van der Waals surface area contributed by atoms with Gasteiger partial charge in [-0.3, -0.25) is 0 Å². The van der Waals surface area contributed by atoms with Crippen LogP contribution in [0.3, 0.4) is 0 Å². The molecule has 18 heavy (non-hydrogen) atoms. The van der Waals surface area contributed by atoms with Crippen molar-refractivity contribution < 1.29 is 4.39 Å². The maximum Gasteiger partial charge on any atom is 0.151 e. The normalized spacial score (nSPS) is 11.9. The van der Waals surface area contributed by atoms with Crippen LogP contribution >= 0.6 is 34.0 Å². The fourth-order valence-electron chi connectivity index (χ4n) is 1.47. The van der Waals surface area contributed by atoms with Gasteiger partial charge in [-0.1, -0.05) is 12.1 Å². The standard InChI is InChI=1S/C13H8FNS3/c14-10(7-9-3-1-5-16-9)11-8-18-13(15-11)12-4-2-6-17-12/h1-8H/b10-7-. The molecule has 3 aromatic rings. The first-order valence-electron chi connectivity index (χ1n) is 5.23. The van der Waals surface area contributed by atoms with Crippen molar-refractivity contribution in [2.75, 3.05) is 0 Å². The van der Waals surface area contributed by atoms with Gasteiger partial charge in [-0.25, -0.2) is 9.37 Å². The smallest absolute Gasteiger partial charge is 0.151 e. The van der Waals surface area contributed by atoms with Gasteiger partial charge in [-0.15, -0.1) is 34.0 Å². The van der Waals surface area contributed by atoms with Crippen LogP contribution in [-0.2, 0) is 0 Å². The van der Waals surface area contributed by atoms with E-state index in [9.17, 15) is 4.39 Å². The molecule has 5 heteroatoms. The SMILES string of the molecule is F/C(=C\c1cccs1)c1csc(-c2cccs2)n1. The molecular weight excluding hydrogens is 285 g/mol. The van der Waals surface area contributed by atoms with Crippen molar-refractivity contribution in [1.29, 1.82) is 0 Å². The summed E-state index contributed by atoms with van der Waals surface area (Å²) in [6.45, 7) is 0. The van der Waals surface area contributed by atoms with Crippen LogP contribution in [0.1, 0.15) is 10.6 Å². The molecule has 3 heterocycles. The zero-order valence-electron chi connectivity index (χ0n) is 9.17. The number of hydrogen-bond donors (Lipinski definition) is 0. The van der Waals surface area contributed by atoms with Crippen molar-refractivity contribution in [3.63, 3.8) is 0 Å². The average molecular weight is 293 g/mol. The van der Waals surface area contributed by atoms with Crippen molar-refractivity contribution in [3.05, 3.63) is 51.0 Å². The summed E-state index contributed by atoms with van der Waals surface area (Å²) in [5.74, 6) is -0.281. The first kappa shape index (κ1) is 11.8. The van der Waals surface area contributed by atoms with Gasteiger partial charge in [0.1, 0.15) is 10.7 Å². The number of thiazole rings is 1. The lowest BCUT2D eigenvalue weighted by Crippen LogP contribution is -1.78. The Balaban J connectivity index is 1.90. The fraction of sp³-hybridized carbons (Fsp3) is 0. The van der Waals surface area contributed by atoms with Crippen molar-refractivity contribution in [2.24, 2.45) is 0 Å².